The molecule has 1 unspecified atom stereocenters. The van der Waals surface area contributed by atoms with Gasteiger partial charge in [0.25, 0.3) is 0 Å². The van der Waals surface area contributed by atoms with Gasteiger partial charge in [-0.2, -0.15) is 0 Å². The molecule has 2 amide bonds. The lowest BCUT2D eigenvalue weighted by atomic mass is 9.93. The van der Waals surface area contributed by atoms with E-state index in [0.717, 1.165) is 0 Å². The average molecular weight is 258 g/mol. The summed E-state index contributed by atoms with van der Waals surface area (Å²) in [5.74, 6) is -1.57. The van der Waals surface area contributed by atoms with Crippen LogP contribution in [-0.4, -0.2) is 47.9 Å². The number of hydrogen-bond acceptors (Lipinski definition) is 4. The molecule has 0 aliphatic heterocycles. The number of oxime groups is 1. The van der Waals surface area contributed by atoms with E-state index >= 15 is 0 Å². The van der Waals surface area contributed by atoms with Crippen LogP contribution in [0.1, 0.15) is 20.8 Å². The van der Waals surface area contributed by atoms with Gasteiger partial charge in [0.1, 0.15) is 5.92 Å². The fourth-order valence-corrected chi connectivity index (χ4v) is 1.60. The summed E-state index contributed by atoms with van der Waals surface area (Å²) in [5.41, 5.74) is 5.50. The van der Waals surface area contributed by atoms with Gasteiger partial charge in [0.15, 0.2) is 5.84 Å². The summed E-state index contributed by atoms with van der Waals surface area (Å²) >= 11 is 0. The van der Waals surface area contributed by atoms with Crippen LogP contribution in [0.4, 0.5) is 0 Å². The van der Waals surface area contributed by atoms with Gasteiger partial charge in [-0.1, -0.05) is 19.0 Å². The fourth-order valence-electron chi connectivity index (χ4n) is 1.60. The second-order valence-electron chi connectivity index (χ2n) is 4.39. The predicted octanol–water partition coefficient (Wildman–Crippen LogP) is -0.400. The zero-order valence-electron chi connectivity index (χ0n) is 11.3. The third-order valence-electron chi connectivity index (χ3n) is 2.50. The number of hydrogen-bond donors (Lipinski definition) is 3. The zero-order valence-corrected chi connectivity index (χ0v) is 11.3. The van der Waals surface area contributed by atoms with Crippen LogP contribution in [0.3, 0.4) is 0 Å². The molecule has 0 aromatic heterocycles. The molecule has 0 spiro atoms. The monoisotopic (exact) mass is 258 g/mol. The molecular weight excluding hydrogens is 236 g/mol. The maximum Gasteiger partial charge on any atom is 0.239 e. The normalized spacial score (nSPS) is 13.3. The molecule has 7 heteroatoms. The minimum atomic E-state index is -0.727. The molecule has 0 radical (unpaired) electrons. The molecule has 0 aliphatic carbocycles. The number of likely N-dealkylation sites (N-methyl/N-ethyl adjacent to an activating group) is 2. The Morgan fingerprint density at radius 2 is 2.00 bits per heavy atom. The number of carbonyl (C=O) groups is 2. The van der Waals surface area contributed by atoms with E-state index in [9.17, 15) is 9.59 Å². The highest BCUT2D eigenvalue weighted by atomic mass is 16.4. The van der Waals surface area contributed by atoms with Crippen LogP contribution in [0.2, 0.25) is 0 Å². The molecule has 0 bridgehead atoms. The molecule has 18 heavy (non-hydrogen) atoms. The lowest BCUT2D eigenvalue weighted by Crippen LogP contribution is -2.46. The highest BCUT2D eigenvalue weighted by Gasteiger charge is 2.29. The van der Waals surface area contributed by atoms with Crippen molar-refractivity contribution in [2.75, 3.05) is 20.1 Å². The smallest absolute Gasteiger partial charge is 0.239 e. The van der Waals surface area contributed by atoms with E-state index in [-0.39, 0.29) is 30.1 Å². The van der Waals surface area contributed by atoms with Crippen LogP contribution in [-0.2, 0) is 9.59 Å². The minimum absolute atomic E-state index is 0.0470. The first kappa shape index (κ1) is 16.2. The molecular formula is C11H22N4O3. The molecule has 0 fully saturated rings. The Balaban J connectivity index is 4.73. The predicted molar refractivity (Wildman–Crippen MR) is 68.1 cm³/mol. The number of nitrogens with zero attached hydrogens (tertiary/aromatic N) is 2. The summed E-state index contributed by atoms with van der Waals surface area (Å²) in [4.78, 5) is 24.7. The standard InChI is InChI=1S/C11H22N4O3/c1-5-13-8(16)6-15(4)11(17)9(7(2)3)10(12)14-18/h7,9,18H,5-6H2,1-4H3,(H2,12,14)(H,13,16). The van der Waals surface area contributed by atoms with Gasteiger partial charge in [-0.05, 0) is 12.8 Å². The van der Waals surface area contributed by atoms with Crippen molar-refractivity contribution in [3.05, 3.63) is 0 Å². The number of nitrogens with one attached hydrogen (secondary N) is 1. The fraction of sp³-hybridized carbons (Fsp3) is 0.727. The second-order valence-corrected chi connectivity index (χ2v) is 4.39. The maximum atomic E-state index is 12.1. The Bertz CT molecular complexity index is 328. The van der Waals surface area contributed by atoms with E-state index < -0.39 is 5.92 Å². The van der Waals surface area contributed by atoms with Gasteiger partial charge in [-0.3, -0.25) is 9.59 Å². The molecule has 0 saturated carbocycles. The van der Waals surface area contributed by atoms with Crippen molar-refractivity contribution < 1.29 is 14.8 Å². The largest absolute Gasteiger partial charge is 0.409 e. The summed E-state index contributed by atoms with van der Waals surface area (Å²) < 4.78 is 0. The van der Waals surface area contributed by atoms with Gasteiger partial charge >= 0.3 is 0 Å². The van der Waals surface area contributed by atoms with E-state index in [2.05, 4.69) is 10.5 Å². The molecule has 7 nitrogen and oxygen atoms in total. The van der Waals surface area contributed by atoms with E-state index in [0.29, 0.717) is 6.54 Å². The number of nitrogens with two attached hydrogens (primary N) is 1. The highest BCUT2D eigenvalue weighted by molar-refractivity contribution is 6.03. The van der Waals surface area contributed by atoms with Crippen molar-refractivity contribution in [3.63, 3.8) is 0 Å². The van der Waals surface area contributed by atoms with Crippen LogP contribution >= 0.6 is 0 Å². The van der Waals surface area contributed by atoms with Crippen LogP contribution in [0.5, 0.6) is 0 Å². The average Bonchev–Trinajstić information content (AvgIpc) is 2.28. The Kier molecular flexibility index (Phi) is 6.77. The number of amidine groups is 1. The molecule has 4 N–H and O–H groups in total. The summed E-state index contributed by atoms with van der Waals surface area (Å²) in [5, 5.41) is 14.1. The van der Waals surface area contributed by atoms with Gasteiger partial charge in [0.2, 0.25) is 11.8 Å². The highest BCUT2D eigenvalue weighted by Crippen LogP contribution is 2.14. The maximum absolute atomic E-state index is 12.1. The minimum Gasteiger partial charge on any atom is -0.409 e. The summed E-state index contributed by atoms with van der Waals surface area (Å²) in [6.07, 6.45) is 0. The zero-order chi connectivity index (χ0) is 14.3. The van der Waals surface area contributed by atoms with Gasteiger partial charge in [0.05, 0.1) is 6.54 Å². The van der Waals surface area contributed by atoms with Gasteiger partial charge in [-0.15, -0.1) is 0 Å². The Morgan fingerprint density at radius 3 is 2.39 bits per heavy atom. The van der Waals surface area contributed by atoms with Crippen LogP contribution in [0.25, 0.3) is 0 Å². The quantitative estimate of drug-likeness (QED) is 0.261. The van der Waals surface area contributed by atoms with Crippen molar-refractivity contribution in [2.24, 2.45) is 22.7 Å². The molecule has 104 valence electrons. The summed E-state index contributed by atoms with van der Waals surface area (Å²) in [6, 6.07) is 0. The molecule has 0 rings (SSSR count). The molecule has 1 atom stereocenters. The topological polar surface area (TPSA) is 108 Å². The van der Waals surface area contributed by atoms with Crippen molar-refractivity contribution in [3.8, 4) is 0 Å². The summed E-state index contributed by atoms with van der Waals surface area (Å²) in [7, 11) is 1.51. The number of rotatable bonds is 6. The van der Waals surface area contributed by atoms with Crippen LogP contribution < -0.4 is 11.1 Å². The first-order chi connectivity index (χ1) is 8.34. The Morgan fingerprint density at radius 1 is 1.44 bits per heavy atom. The lowest BCUT2D eigenvalue weighted by molar-refractivity contribution is -0.137. The first-order valence-electron chi connectivity index (χ1n) is 5.84. The molecule has 0 saturated heterocycles. The lowest BCUT2D eigenvalue weighted by Gasteiger charge is -2.24. The third kappa shape index (κ3) is 4.60. The van der Waals surface area contributed by atoms with Crippen LogP contribution in [0, 0.1) is 11.8 Å². The molecule has 0 aliphatic rings. The third-order valence-corrected chi connectivity index (χ3v) is 2.50. The Labute approximate surface area is 107 Å². The van der Waals surface area contributed by atoms with Crippen molar-refractivity contribution in [1.82, 2.24) is 10.2 Å². The van der Waals surface area contributed by atoms with Crippen LogP contribution in [0.15, 0.2) is 5.16 Å². The molecule has 0 aromatic carbocycles. The van der Waals surface area contributed by atoms with Crippen molar-refractivity contribution in [2.45, 2.75) is 20.8 Å². The molecule has 0 aromatic rings. The Hall–Kier alpha value is -1.79. The van der Waals surface area contributed by atoms with Gasteiger partial charge in [-0.25, -0.2) is 0 Å². The summed E-state index contributed by atoms with van der Waals surface area (Å²) in [6.45, 7) is 5.84. The van der Waals surface area contributed by atoms with E-state index in [4.69, 9.17) is 10.9 Å². The van der Waals surface area contributed by atoms with Crippen molar-refractivity contribution in [1.29, 1.82) is 0 Å². The number of carbonyl (C=O) groups excluding carboxylic acids is 2. The molecule has 0 heterocycles. The SMILES string of the molecule is CCNC(=O)CN(C)C(=O)C(C(N)=NO)C(C)C. The first-order valence-corrected chi connectivity index (χ1v) is 5.84. The van der Waals surface area contributed by atoms with Gasteiger partial charge in [0, 0.05) is 13.6 Å². The van der Waals surface area contributed by atoms with E-state index in [1.165, 1.54) is 11.9 Å². The number of amides is 2. The van der Waals surface area contributed by atoms with E-state index in [1.54, 1.807) is 20.8 Å². The van der Waals surface area contributed by atoms with E-state index in [1.807, 2.05) is 0 Å². The second kappa shape index (κ2) is 7.52. The van der Waals surface area contributed by atoms with Crippen molar-refractivity contribution >= 4 is 17.6 Å². The van der Waals surface area contributed by atoms with Gasteiger partial charge < -0.3 is 21.2 Å².